The molecule has 2 atom stereocenters. The van der Waals surface area contributed by atoms with Crippen molar-refractivity contribution >= 4 is 17.4 Å². The highest BCUT2D eigenvalue weighted by atomic mass is 16.5. The fourth-order valence-corrected chi connectivity index (χ4v) is 4.67. The molecule has 2 aromatic carbocycles. The molecule has 0 saturated carbocycles. The molecule has 4 rings (SSSR count). The number of unbranched alkanes of at least 4 members (excludes halogenated alkanes) is 1. The van der Waals surface area contributed by atoms with Crippen molar-refractivity contribution in [1.29, 1.82) is 0 Å². The molecule has 2 aliphatic heterocycles. The van der Waals surface area contributed by atoms with Crippen LogP contribution in [0, 0.1) is 0 Å². The Morgan fingerprint density at radius 1 is 1.14 bits per heavy atom. The number of hydrogen-bond acceptors (Lipinski definition) is 6. The summed E-state index contributed by atoms with van der Waals surface area (Å²) in [5.41, 5.74) is 2.27. The van der Waals surface area contributed by atoms with Crippen molar-refractivity contribution in [3.05, 3.63) is 64.7 Å². The molecule has 0 aliphatic carbocycles. The first-order chi connectivity index (χ1) is 16.9. The molecule has 0 aromatic heterocycles. The number of Topliss-reactive ketones (excluding diaryl/α,β-unsaturated/α-hetero) is 1. The molecule has 1 fully saturated rings. The van der Waals surface area contributed by atoms with Gasteiger partial charge in [-0.05, 0) is 61.2 Å². The molecule has 1 amide bonds. The largest absolute Gasteiger partial charge is 0.507 e. The Hall–Kier alpha value is -3.32. The van der Waals surface area contributed by atoms with Gasteiger partial charge in [-0.1, -0.05) is 25.5 Å². The Labute approximate surface area is 206 Å². The van der Waals surface area contributed by atoms with Gasteiger partial charge >= 0.3 is 0 Å². The lowest BCUT2D eigenvalue weighted by molar-refractivity contribution is -0.140. The summed E-state index contributed by atoms with van der Waals surface area (Å²) in [7, 11) is 1.60. The number of likely N-dealkylation sites (tertiary alicyclic amines) is 1. The average Bonchev–Trinajstić information content (AvgIpc) is 3.35. The van der Waals surface area contributed by atoms with Crippen LogP contribution in [0.3, 0.4) is 0 Å². The third kappa shape index (κ3) is 5.20. The van der Waals surface area contributed by atoms with E-state index in [1.54, 1.807) is 19.2 Å². The maximum absolute atomic E-state index is 13.2. The Morgan fingerprint density at radius 2 is 1.97 bits per heavy atom. The Morgan fingerprint density at radius 3 is 2.74 bits per heavy atom. The number of carbonyl (C=O) groups excluding carboxylic acids is 2. The zero-order valence-corrected chi connectivity index (χ0v) is 20.6. The number of ketones is 1. The van der Waals surface area contributed by atoms with Crippen LogP contribution in [-0.4, -0.2) is 54.7 Å². The van der Waals surface area contributed by atoms with E-state index in [1.807, 2.05) is 37.3 Å². The van der Waals surface area contributed by atoms with E-state index < -0.39 is 17.7 Å². The van der Waals surface area contributed by atoms with E-state index in [-0.39, 0.29) is 17.4 Å². The fourth-order valence-electron chi connectivity index (χ4n) is 4.67. The van der Waals surface area contributed by atoms with Crippen LogP contribution in [0.2, 0.25) is 0 Å². The number of nitrogens with zero attached hydrogens (tertiary/aromatic N) is 1. The molecule has 186 valence electrons. The molecule has 2 heterocycles. The minimum Gasteiger partial charge on any atom is -0.507 e. The maximum atomic E-state index is 13.2. The minimum absolute atomic E-state index is 0.0595. The molecule has 7 heteroatoms. The summed E-state index contributed by atoms with van der Waals surface area (Å²) < 4.78 is 16.8. The van der Waals surface area contributed by atoms with E-state index in [2.05, 4.69) is 6.92 Å². The van der Waals surface area contributed by atoms with Crippen LogP contribution < -0.4 is 9.47 Å². The number of amides is 1. The number of ether oxygens (including phenoxy) is 3. The SMILES string of the molecule is CCCCOc1cccc(C2/C(=C(\O)c3ccc4c(c3)CC(C)O4)C(=O)C(=O)N2CCCOC)c1. The lowest BCUT2D eigenvalue weighted by Gasteiger charge is -2.25. The zero-order valence-electron chi connectivity index (χ0n) is 20.6. The highest BCUT2D eigenvalue weighted by Gasteiger charge is 2.46. The van der Waals surface area contributed by atoms with E-state index >= 15 is 0 Å². The van der Waals surface area contributed by atoms with Gasteiger partial charge in [0.15, 0.2) is 0 Å². The Balaban J connectivity index is 1.76. The predicted octanol–water partition coefficient (Wildman–Crippen LogP) is 4.65. The minimum atomic E-state index is -0.718. The van der Waals surface area contributed by atoms with Crippen LogP contribution in [0.5, 0.6) is 11.5 Å². The Bertz CT molecular complexity index is 1120. The molecule has 2 aliphatic rings. The molecular formula is C28H33NO6. The van der Waals surface area contributed by atoms with E-state index in [0.29, 0.717) is 37.5 Å². The summed E-state index contributed by atoms with van der Waals surface area (Å²) in [6, 6.07) is 12.1. The molecule has 1 saturated heterocycles. The van der Waals surface area contributed by atoms with Gasteiger partial charge in [0, 0.05) is 32.2 Å². The summed E-state index contributed by atoms with van der Waals surface area (Å²) in [5.74, 6) is -0.0395. The Kier molecular flexibility index (Phi) is 7.76. The topological polar surface area (TPSA) is 85.3 Å². The first-order valence-corrected chi connectivity index (χ1v) is 12.2. The van der Waals surface area contributed by atoms with Crippen molar-refractivity contribution in [1.82, 2.24) is 4.90 Å². The first-order valence-electron chi connectivity index (χ1n) is 12.2. The van der Waals surface area contributed by atoms with Crippen molar-refractivity contribution in [2.45, 2.75) is 51.7 Å². The number of methoxy groups -OCH3 is 1. The third-order valence-corrected chi connectivity index (χ3v) is 6.40. The van der Waals surface area contributed by atoms with Crippen LogP contribution >= 0.6 is 0 Å². The van der Waals surface area contributed by atoms with Gasteiger partial charge in [-0.25, -0.2) is 0 Å². The van der Waals surface area contributed by atoms with Crippen LogP contribution in [0.25, 0.3) is 5.76 Å². The van der Waals surface area contributed by atoms with Crippen molar-refractivity contribution in [3.63, 3.8) is 0 Å². The molecule has 1 N–H and O–H groups in total. The second-order valence-electron chi connectivity index (χ2n) is 9.07. The molecule has 7 nitrogen and oxygen atoms in total. The monoisotopic (exact) mass is 479 g/mol. The molecule has 2 aromatic rings. The fraction of sp³-hybridized carbons (Fsp3) is 0.429. The molecule has 2 unspecified atom stereocenters. The van der Waals surface area contributed by atoms with Crippen LogP contribution in [0.4, 0.5) is 0 Å². The number of benzene rings is 2. The number of hydrogen-bond donors (Lipinski definition) is 1. The van der Waals surface area contributed by atoms with E-state index in [0.717, 1.165) is 36.1 Å². The lowest BCUT2D eigenvalue weighted by atomic mass is 9.94. The summed E-state index contributed by atoms with van der Waals surface area (Å²) >= 11 is 0. The van der Waals surface area contributed by atoms with Crippen molar-refractivity contribution in [2.75, 3.05) is 26.9 Å². The van der Waals surface area contributed by atoms with Crippen LogP contribution in [0.15, 0.2) is 48.0 Å². The normalized spacial score (nSPS) is 20.7. The summed E-state index contributed by atoms with van der Waals surface area (Å²) in [6.45, 7) is 5.46. The zero-order chi connectivity index (χ0) is 24.9. The van der Waals surface area contributed by atoms with E-state index in [9.17, 15) is 14.7 Å². The van der Waals surface area contributed by atoms with Gasteiger partial charge in [0.2, 0.25) is 0 Å². The van der Waals surface area contributed by atoms with Gasteiger partial charge in [-0.3, -0.25) is 9.59 Å². The first kappa shape index (κ1) is 24.8. The predicted molar refractivity (Wildman–Crippen MR) is 133 cm³/mol. The average molecular weight is 480 g/mol. The molecule has 0 radical (unpaired) electrons. The number of aliphatic hydroxyl groups excluding tert-OH is 1. The van der Waals surface area contributed by atoms with E-state index in [4.69, 9.17) is 14.2 Å². The number of fused-ring (bicyclic) bond motifs is 1. The second kappa shape index (κ2) is 11.0. The van der Waals surface area contributed by atoms with Crippen molar-refractivity contribution in [2.24, 2.45) is 0 Å². The van der Waals surface area contributed by atoms with Gasteiger partial charge in [0.1, 0.15) is 23.4 Å². The third-order valence-electron chi connectivity index (χ3n) is 6.40. The summed E-state index contributed by atoms with van der Waals surface area (Å²) in [4.78, 5) is 27.9. The number of carbonyl (C=O) groups is 2. The van der Waals surface area contributed by atoms with E-state index in [1.165, 1.54) is 4.90 Å². The van der Waals surface area contributed by atoms with Gasteiger partial charge in [-0.2, -0.15) is 0 Å². The number of aliphatic hydroxyl groups is 1. The molecule has 0 bridgehead atoms. The lowest BCUT2D eigenvalue weighted by Crippen LogP contribution is -2.31. The van der Waals surface area contributed by atoms with Crippen LogP contribution in [0.1, 0.15) is 55.8 Å². The van der Waals surface area contributed by atoms with Gasteiger partial charge in [-0.15, -0.1) is 0 Å². The highest BCUT2D eigenvalue weighted by Crippen LogP contribution is 2.41. The maximum Gasteiger partial charge on any atom is 0.295 e. The summed E-state index contributed by atoms with van der Waals surface area (Å²) in [6.07, 6.45) is 3.30. The van der Waals surface area contributed by atoms with Gasteiger partial charge < -0.3 is 24.2 Å². The number of rotatable bonds is 10. The van der Waals surface area contributed by atoms with Crippen molar-refractivity contribution < 1.29 is 28.9 Å². The van der Waals surface area contributed by atoms with Crippen LogP contribution in [-0.2, 0) is 20.7 Å². The van der Waals surface area contributed by atoms with Gasteiger partial charge in [0.05, 0.1) is 18.2 Å². The quantitative estimate of drug-likeness (QED) is 0.231. The smallest absolute Gasteiger partial charge is 0.295 e. The van der Waals surface area contributed by atoms with Gasteiger partial charge in [0.25, 0.3) is 11.7 Å². The molecule has 35 heavy (non-hydrogen) atoms. The second-order valence-corrected chi connectivity index (χ2v) is 9.07. The standard InChI is InChI=1S/C28H33NO6/c1-4-5-14-34-22-9-6-8-19(17-22)25-24(27(31)28(32)29(25)12-7-13-33-3)26(30)20-10-11-23-21(16-20)15-18(2)35-23/h6,8-11,16-18,25,30H,4-5,7,12-15H2,1-3H3/b26-24+. The highest BCUT2D eigenvalue weighted by molar-refractivity contribution is 6.46. The molecule has 0 spiro atoms. The molecular weight excluding hydrogens is 446 g/mol. The van der Waals surface area contributed by atoms with Crippen molar-refractivity contribution in [3.8, 4) is 11.5 Å². The summed E-state index contributed by atoms with van der Waals surface area (Å²) in [5, 5.41) is 11.4.